The van der Waals surface area contributed by atoms with Crippen LogP contribution in [-0.2, 0) is 9.59 Å². The van der Waals surface area contributed by atoms with Gasteiger partial charge in [0.05, 0.1) is 0 Å². The normalized spacial score (nSPS) is 10.2. The minimum atomic E-state index is -0.744. The third kappa shape index (κ3) is 6.92. The molecule has 0 amide bonds. The number of rotatable bonds is 9. The van der Waals surface area contributed by atoms with Crippen molar-refractivity contribution in [1.29, 1.82) is 0 Å². The molecule has 0 aliphatic carbocycles. The van der Waals surface area contributed by atoms with Gasteiger partial charge in [0.1, 0.15) is 5.75 Å². The molecule has 0 bridgehead atoms. The summed E-state index contributed by atoms with van der Waals surface area (Å²) in [6, 6.07) is 7.45. The minimum Gasteiger partial charge on any atom is -0.481 e. The van der Waals surface area contributed by atoms with Gasteiger partial charge >= 0.3 is 11.9 Å². The first kappa shape index (κ1) is 16.2. The van der Waals surface area contributed by atoms with Crippen LogP contribution in [0.1, 0.15) is 50.5 Å². The average molecular weight is 278 g/mol. The Morgan fingerprint density at radius 3 is 2.25 bits per heavy atom. The largest absolute Gasteiger partial charge is 0.481 e. The van der Waals surface area contributed by atoms with Crippen LogP contribution in [0.3, 0.4) is 0 Å². The molecule has 0 atom stereocenters. The second-order valence-corrected chi connectivity index (χ2v) is 4.90. The molecule has 20 heavy (non-hydrogen) atoms. The van der Waals surface area contributed by atoms with E-state index in [0.29, 0.717) is 18.6 Å². The molecule has 0 aliphatic heterocycles. The summed E-state index contributed by atoms with van der Waals surface area (Å²) in [4.78, 5) is 22.0. The van der Waals surface area contributed by atoms with Crippen LogP contribution in [0.15, 0.2) is 24.3 Å². The number of esters is 1. The number of carboxylic acids is 1. The molecule has 0 radical (unpaired) electrons. The fourth-order valence-electron chi connectivity index (χ4n) is 1.92. The molecule has 4 heteroatoms. The molecule has 0 spiro atoms. The molecule has 1 rings (SSSR count). The summed E-state index contributed by atoms with van der Waals surface area (Å²) in [6.07, 6.45) is 4.94. The maximum Gasteiger partial charge on any atom is 0.311 e. The van der Waals surface area contributed by atoms with Gasteiger partial charge in [-0.05, 0) is 31.4 Å². The van der Waals surface area contributed by atoms with Gasteiger partial charge in [-0.25, -0.2) is 0 Å². The molecule has 0 aliphatic rings. The Morgan fingerprint density at radius 2 is 1.60 bits per heavy atom. The van der Waals surface area contributed by atoms with Crippen LogP contribution < -0.4 is 4.74 Å². The summed E-state index contributed by atoms with van der Waals surface area (Å²) in [5, 5.41) is 8.49. The summed E-state index contributed by atoms with van der Waals surface area (Å²) in [6.45, 7) is 1.91. The van der Waals surface area contributed by atoms with E-state index < -0.39 is 5.97 Å². The van der Waals surface area contributed by atoms with Crippen LogP contribution >= 0.6 is 0 Å². The van der Waals surface area contributed by atoms with Crippen LogP contribution in [0.4, 0.5) is 0 Å². The van der Waals surface area contributed by atoms with Crippen LogP contribution in [0.5, 0.6) is 5.75 Å². The third-order valence-electron chi connectivity index (χ3n) is 3.09. The monoisotopic (exact) mass is 278 g/mol. The molecule has 4 nitrogen and oxygen atoms in total. The van der Waals surface area contributed by atoms with Crippen LogP contribution in [0.25, 0.3) is 0 Å². The van der Waals surface area contributed by atoms with Gasteiger partial charge in [0.15, 0.2) is 0 Å². The smallest absolute Gasteiger partial charge is 0.311 e. The fourth-order valence-corrected chi connectivity index (χ4v) is 1.92. The lowest BCUT2D eigenvalue weighted by Gasteiger charge is -2.06. The van der Waals surface area contributed by atoms with E-state index in [1.165, 1.54) is 0 Å². The van der Waals surface area contributed by atoms with Gasteiger partial charge in [-0.15, -0.1) is 0 Å². The number of unbranched alkanes of at least 4 members (excludes halogenated alkanes) is 4. The maximum atomic E-state index is 11.6. The van der Waals surface area contributed by atoms with Crippen LogP contribution in [-0.4, -0.2) is 17.0 Å². The minimum absolute atomic E-state index is 0.204. The highest BCUT2D eigenvalue weighted by Crippen LogP contribution is 2.17. The number of carbonyl (C=O) groups excluding carboxylic acids is 1. The van der Waals surface area contributed by atoms with Crippen molar-refractivity contribution in [1.82, 2.24) is 0 Å². The standard InChI is InChI=1S/C16H22O4/c1-13-9-7-8-10-14(13)20-16(19)12-6-4-2-3-5-11-15(17)18/h7-10H,2-6,11-12H2,1H3,(H,17,18). The third-order valence-corrected chi connectivity index (χ3v) is 3.09. The van der Waals surface area contributed by atoms with E-state index >= 15 is 0 Å². The second-order valence-electron chi connectivity index (χ2n) is 4.90. The Labute approximate surface area is 119 Å². The Morgan fingerprint density at radius 1 is 1.00 bits per heavy atom. The number of carboxylic acid groups (broad SMARTS) is 1. The van der Waals surface area contributed by atoms with E-state index in [1.54, 1.807) is 6.07 Å². The molecule has 0 heterocycles. The molecular weight excluding hydrogens is 256 g/mol. The van der Waals surface area contributed by atoms with Crippen molar-refractivity contribution in [3.63, 3.8) is 0 Å². The number of aliphatic carboxylic acids is 1. The van der Waals surface area contributed by atoms with Crippen molar-refractivity contribution >= 4 is 11.9 Å². The SMILES string of the molecule is Cc1ccccc1OC(=O)CCCCCCCC(=O)O. The predicted molar refractivity (Wildman–Crippen MR) is 76.8 cm³/mol. The Bertz CT molecular complexity index is 440. The van der Waals surface area contributed by atoms with Gasteiger partial charge < -0.3 is 9.84 Å². The lowest BCUT2D eigenvalue weighted by molar-refractivity contribution is -0.137. The van der Waals surface area contributed by atoms with Gasteiger partial charge in [-0.3, -0.25) is 9.59 Å². The van der Waals surface area contributed by atoms with Gasteiger partial charge in [-0.2, -0.15) is 0 Å². The van der Waals surface area contributed by atoms with Crippen LogP contribution in [0.2, 0.25) is 0 Å². The van der Waals surface area contributed by atoms with E-state index in [4.69, 9.17) is 9.84 Å². The average Bonchev–Trinajstić information content (AvgIpc) is 2.40. The first-order valence-corrected chi connectivity index (χ1v) is 7.07. The number of para-hydroxylation sites is 1. The highest BCUT2D eigenvalue weighted by atomic mass is 16.5. The zero-order valence-electron chi connectivity index (χ0n) is 11.9. The molecule has 0 fully saturated rings. The number of hydrogen-bond acceptors (Lipinski definition) is 3. The predicted octanol–water partition coefficient (Wildman–Crippen LogP) is 3.72. The summed E-state index contributed by atoms with van der Waals surface area (Å²) in [7, 11) is 0. The van der Waals surface area contributed by atoms with Gasteiger partial charge in [-0.1, -0.05) is 37.5 Å². The van der Waals surface area contributed by atoms with E-state index in [2.05, 4.69) is 0 Å². The number of carbonyl (C=O) groups is 2. The van der Waals surface area contributed by atoms with E-state index in [-0.39, 0.29) is 12.4 Å². The number of ether oxygens (including phenoxy) is 1. The Hall–Kier alpha value is -1.84. The second kappa shape index (κ2) is 9.13. The van der Waals surface area contributed by atoms with Gasteiger partial charge in [0.2, 0.25) is 0 Å². The van der Waals surface area contributed by atoms with Crippen LogP contribution in [0, 0.1) is 6.92 Å². The number of hydrogen-bond donors (Lipinski definition) is 1. The fraction of sp³-hybridized carbons (Fsp3) is 0.500. The van der Waals surface area contributed by atoms with E-state index in [9.17, 15) is 9.59 Å². The van der Waals surface area contributed by atoms with Crippen molar-refractivity contribution in [2.45, 2.75) is 51.9 Å². The zero-order chi connectivity index (χ0) is 14.8. The molecule has 1 aromatic carbocycles. The lowest BCUT2D eigenvalue weighted by atomic mass is 10.1. The first-order valence-electron chi connectivity index (χ1n) is 7.07. The van der Waals surface area contributed by atoms with Crippen molar-refractivity contribution in [2.75, 3.05) is 0 Å². The Balaban J connectivity index is 2.09. The van der Waals surface area contributed by atoms with E-state index in [1.807, 2.05) is 25.1 Å². The molecule has 0 aromatic heterocycles. The molecule has 0 saturated carbocycles. The maximum absolute atomic E-state index is 11.6. The topological polar surface area (TPSA) is 63.6 Å². The summed E-state index contributed by atoms with van der Waals surface area (Å²) in [5.41, 5.74) is 0.953. The molecule has 1 N–H and O–H groups in total. The van der Waals surface area contributed by atoms with Crippen molar-refractivity contribution in [3.8, 4) is 5.75 Å². The van der Waals surface area contributed by atoms with Crippen molar-refractivity contribution < 1.29 is 19.4 Å². The number of aryl methyl sites for hydroxylation is 1. The first-order chi connectivity index (χ1) is 9.59. The summed E-state index contributed by atoms with van der Waals surface area (Å²) in [5.74, 6) is -0.324. The molecule has 0 unspecified atom stereocenters. The van der Waals surface area contributed by atoms with E-state index in [0.717, 1.165) is 31.2 Å². The molecule has 0 saturated heterocycles. The van der Waals surface area contributed by atoms with Gasteiger partial charge in [0.25, 0.3) is 0 Å². The summed E-state index contributed by atoms with van der Waals surface area (Å²) < 4.78 is 5.29. The summed E-state index contributed by atoms with van der Waals surface area (Å²) >= 11 is 0. The zero-order valence-corrected chi connectivity index (χ0v) is 11.9. The lowest BCUT2D eigenvalue weighted by Crippen LogP contribution is -2.08. The van der Waals surface area contributed by atoms with Crippen molar-refractivity contribution in [2.24, 2.45) is 0 Å². The highest BCUT2D eigenvalue weighted by molar-refractivity contribution is 5.72. The number of benzene rings is 1. The quantitative estimate of drug-likeness (QED) is 0.425. The molecule has 1 aromatic rings. The molecular formula is C16H22O4. The Kier molecular flexibility index (Phi) is 7.40. The van der Waals surface area contributed by atoms with Crippen molar-refractivity contribution in [3.05, 3.63) is 29.8 Å². The van der Waals surface area contributed by atoms with Gasteiger partial charge in [0, 0.05) is 12.8 Å². The highest BCUT2D eigenvalue weighted by Gasteiger charge is 2.06. The molecule has 110 valence electrons.